The molecule has 25 heavy (non-hydrogen) atoms. The number of hydrogen-bond acceptors (Lipinski definition) is 4. The van der Waals surface area contributed by atoms with Gasteiger partial charge in [-0.2, -0.15) is 0 Å². The zero-order valence-corrected chi connectivity index (χ0v) is 14.6. The molecule has 1 heterocycles. The molecule has 2 rings (SSSR count). The first-order valence-corrected chi connectivity index (χ1v) is 7.61. The lowest BCUT2D eigenvalue weighted by Crippen LogP contribution is -2.40. The van der Waals surface area contributed by atoms with E-state index in [1.54, 1.807) is 25.1 Å². The molecule has 1 aromatic heterocycles. The number of carbonyl (C=O) groups excluding carboxylic acids is 2. The van der Waals surface area contributed by atoms with Crippen LogP contribution in [-0.2, 0) is 17.9 Å². The Balaban J connectivity index is 0.00000312. The van der Waals surface area contributed by atoms with Crippen LogP contribution in [0.2, 0.25) is 0 Å². The molecule has 0 aliphatic rings. The van der Waals surface area contributed by atoms with Crippen LogP contribution in [0.1, 0.15) is 28.6 Å². The van der Waals surface area contributed by atoms with E-state index in [2.05, 4.69) is 5.32 Å². The second-order valence-corrected chi connectivity index (χ2v) is 5.23. The highest BCUT2D eigenvalue weighted by atomic mass is 35.5. The summed E-state index contributed by atoms with van der Waals surface area (Å²) in [5.41, 5.74) is 6.59. The van der Waals surface area contributed by atoms with Crippen LogP contribution in [0.25, 0.3) is 0 Å². The summed E-state index contributed by atoms with van der Waals surface area (Å²) in [6.45, 7) is 2.58. The van der Waals surface area contributed by atoms with Gasteiger partial charge in [0.1, 0.15) is 17.8 Å². The van der Waals surface area contributed by atoms with E-state index in [1.807, 2.05) is 0 Å². The van der Waals surface area contributed by atoms with E-state index >= 15 is 0 Å². The quantitative estimate of drug-likeness (QED) is 0.782. The van der Waals surface area contributed by atoms with E-state index in [9.17, 15) is 14.0 Å². The molecule has 136 valence electrons. The molecule has 0 aliphatic heterocycles. The van der Waals surface area contributed by atoms with Crippen molar-refractivity contribution in [2.24, 2.45) is 5.73 Å². The number of nitrogens with one attached hydrogen (secondary N) is 1. The van der Waals surface area contributed by atoms with Crippen molar-refractivity contribution in [3.8, 4) is 0 Å². The van der Waals surface area contributed by atoms with Gasteiger partial charge in [-0.15, -0.1) is 12.4 Å². The molecule has 3 N–H and O–H groups in total. The minimum absolute atomic E-state index is 0. The lowest BCUT2D eigenvalue weighted by Gasteiger charge is -2.19. The monoisotopic (exact) mass is 369 g/mol. The number of carbonyl (C=O) groups is 2. The molecule has 0 fully saturated rings. The smallest absolute Gasteiger partial charge is 0.257 e. The Kier molecular flexibility index (Phi) is 8.10. The predicted octanol–water partition coefficient (Wildman–Crippen LogP) is 2.08. The third-order valence-corrected chi connectivity index (χ3v) is 3.51. The van der Waals surface area contributed by atoms with Crippen molar-refractivity contribution in [1.29, 1.82) is 0 Å². The van der Waals surface area contributed by atoms with E-state index in [0.29, 0.717) is 17.9 Å². The number of halogens is 2. The van der Waals surface area contributed by atoms with Gasteiger partial charge in [-0.25, -0.2) is 4.39 Å². The second-order valence-electron chi connectivity index (χ2n) is 5.23. The maximum atomic E-state index is 12.8. The van der Waals surface area contributed by atoms with Gasteiger partial charge in [0, 0.05) is 13.1 Å². The summed E-state index contributed by atoms with van der Waals surface area (Å²) in [4.78, 5) is 25.8. The highest BCUT2D eigenvalue weighted by Crippen LogP contribution is 2.10. The maximum Gasteiger partial charge on any atom is 0.257 e. The summed E-state index contributed by atoms with van der Waals surface area (Å²) >= 11 is 0. The number of hydrogen-bond donors (Lipinski definition) is 2. The molecule has 6 nitrogen and oxygen atoms in total. The number of furan rings is 1. The molecule has 0 unspecified atom stereocenters. The van der Waals surface area contributed by atoms with Gasteiger partial charge in [0.25, 0.3) is 5.91 Å². The van der Waals surface area contributed by atoms with Gasteiger partial charge in [-0.1, -0.05) is 12.1 Å². The van der Waals surface area contributed by atoms with E-state index in [1.165, 1.54) is 23.3 Å². The molecule has 0 atom stereocenters. The molecule has 0 bridgehead atoms. The van der Waals surface area contributed by atoms with Gasteiger partial charge in [-0.3, -0.25) is 9.59 Å². The van der Waals surface area contributed by atoms with Gasteiger partial charge in [0.15, 0.2) is 0 Å². The van der Waals surface area contributed by atoms with Crippen LogP contribution in [0.15, 0.2) is 41.0 Å². The zero-order valence-electron chi connectivity index (χ0n) is 13.8. The summed E-state index contributed by atoms with van der Waals surface area (Å²) in [5, 5.41) is 2.71. The first kappa shape index (κ1) is 20.7. The van der Waals surface area contributed by atoms with Crippen molar-refractivity contribution < 1.29 is 18.4 Å². The van der Waals surface area contributed by atoms with Crippen molar-refractivity contribution >= 4 is 24.2 Å². The molecule has 0 aliphatic carbocycles. The van der Waals surface area contributed by atoms with Gasteiger partial charge in [0.05, 0.1) is 18.7 Å². The molecule has 1 aromatic carbocycles. The number of amides is 2. The van der Waals surface area contributed by atoms with Gasteiger partial charge in [0.2, 0.25) is 5.91 Å². The summed E-state index contributed by atoms with van der Waals surface area (Å²) < 4.78 is 18.0. The Labute approximate surface area is 151 Å². The average molecular weight is 370 g/mol. The van der Waals surface area contributed by atoms with Crippen LogP contribution in [0.5, 0.6) is 0 Å². The molecule has 0 radical (unpaired) electrons. The first-order valence-electron chi connectivity index (χ1n) is 7.61. The third-order valence-electron chi connectivity index (χ3n) is 3.51. The van der Waals surface area contributed by atoms with Crippen LogP contribution in [0.3, 0.4) is 0 Å². The number of rotatable bonds is 7. The van der Waals surface area contributed by atoms with Crippen LogP contribution < -0.4 is 11.1 Å². The number of nitrogens with two attached hydrogens (primary N) is 1. The van der Waals surface area contributed by atoms with Crippen molar-refractivity contribution in [2.45, 2.75) is 20.0 Å². The number of nitrogens with zero attached hydrogens (tertiary/aromatic N) is 1. The molecule has 2 aromatic rings. The van der Waals surface area contributed by atoms with Gasteiger partial charge < -0.3 is 20.4 Å². The minimum Gasteiger partial charge on any atom is -0.467 e. The van der Waals surface area contributed by atoms with Crippen molar-refractivity contribution in [2.75, 3.05) is 13.1 Å². The SMILES string of the molecule is CCN(CC(=O)NCc1ccc(F)cc1)C(=O)c1coc(CN)c1.Cl. The van der Waals surface area contributed by atoms with Crippen LogP contribution in [0, 0.1) is 5.82 Å². The second kappa shape index (κ2) is 9.80. The molecule has 8 heteroatoms. The average Bonchev–Trinajstić information content (AvgIpc) is 3.07. The third kappa shape index (κ3) is 5.88. The topological polar surface area (TPSA) is 88.6 Å². The lowest BCUT2D eigenvalue weighted by atomic mass is 10.2. The van der Waals surface area contributed by atoms with Crippen molar-refractivity contribution in [1.82, 2.24) is 10.2 Å². The normalized spacial score (nSPS) is 10.0. The molecule has 2 amide bonds. The van der Waals surface area contributed by atoms with E-state index in [-0.39, 0.29) is 49.7 Å². The zero-order chi connectivity index (χ0) is 17.5. The Morgan fingerprint density at radius 3 is 2.52 bits per heavy atom. The van der Waals surface area contributed by atoms with E-state index < -0.39 is 0 Å². The van der Waals surface area contributed by atoms with E-state index in [0.717, 1.165) is 5.56 Å². The fraction of sp³-hybridized carbons (Fsp3) is 0.294. The Morgan fingerprint density at radius 1 is 1.28 bits per heavy atom. The summed E-state index contributed by atoms with van der Waals surface area (Å²) in [7, 11) is 0. The van der Waals surface area contributed by atoms with Crippen LogP contribution in [-0.4, -0.2) is 29.8 Å². The number of benzene rings is 1. The minimum atomic E-state index is -0.329. The standard InChI is InChI=1S/C17H20FN3O3.ClH/c1-2-21(17(23)13-7-15(8-19)24-11-13)10-16(22)20-9-12-3-5-14(18)6-4-12;/h3-7,11H,2,8-10,19H2,1H3,(H,20,22);1H. The Morgan fingerprint density at radius 2 is 1.96 bits per heavy atom. The van der Waals surface area contributed by atoms with E-state index in [4.69, 9.17) is 10.2 Å². The summed E-state index contributed by atoms with van der Waals surface area (Å²) in [5.74, 6) is -0.407. The molecule has 0 spiro atoms. The molecular formula is C17H21ClFN3O3. The molecule has 0 saturated heterocycles. The highest BCUT2D eigenvalue weighted by molar-refractivity contribution is 5.96. The van der Waals surface area contributed by atoms with Crippen LogP contribution >= 0.6 is 12.4 Å². The van der Waals surface area contributed by atoms with Crippen LogP contribution in [0.4, 0.5) is 4.39 Å². The Hall–Kier alpha value is -2.38. The van der Waals surface area contributed by atoms with Crippen molar-refractivity contribution in [3.63, 3.8) is 0 Å². The largest absolute Gasteiger partial charge is 0.467 e. The summed E-state index contributed by atoms with van der Waals surface area (Å²) in [6.07, 6.45) is 1.34. The Bertz CT molecular complexity index is 703. The van der Waals surface area contributed by atoms with Gasteiger partial charge in [-0.05, 0) is 30.7 Å². The lowest BCUT2D eigenvalue weighted by molar-refractivity contribution is -0.121. The highest BCUT2D eigenvalue weighted by Gasteiger charge is 2.19. The first-order chi connectivity index (χ1) is 11.5. The number of likely N-dealkylation sites (N-methyl/N-ethyl adjacent to an activating group) is 1. The fourth-order valence-corrected chi connectivity index (χ4v) is 2.14. The maximum absolute atomic E-state index is 12.8. The molecule has 0 saturated carbocycles. The van der Waals surface area contributed by atoms with Crippen molar-refractivity contribution in [3.05, 3.63) is 59.3 Å². The fourth-order valence-electron chi connectivity index (χ4n) is 2.14. The predicted molar refractivity (Wildman–Crippen MR) is 93.7 cm³/mol. The summed E-state index contributed by atoms with van der Waals surface area (Å²) in [6, 6.07) is 7.42. The molecular weight excluding hydrogens is 349 g/mol. The van der Waals surface area contributed by atoms with Gasteiger partial charge >= 0.3 is 0 Å².